The Hall–Kier alpha value is -2.45. The molecule has 0 N–H and O–H groups in total. The molecule has 1 aromatic carbocycles. The van der Waals surface area contributed by atoms with E-state index >= 15 is 0 Å². The molecule has 4 rings (SSSR count). The average molecular weight is 386 g/mol. The van der Waals surface area contributed by atoms with Crippen LogP contribution in [0.2, 0.25) is 0 Å². The highest BCUT2D eigenvalue weighted by atomic mass is 16.5. The van der Waals surface area contributed by atoms with Gasteiger partial charge in [-0.05, 0) is 37.8 Å². The zero-order valence-corrected chi connectivity index (χ0v) is 16.1. The maximum absolute atomic E-state index is 11.6. The molecular formula is C20H26N4O4. The first-order chi connectivity index (χ1) is 13.8. The maximum Gasteiger partial charge on any atom is 0.317 e. The molecule has 0 radical (unpaired) electrons. The van der Waals surface area contributed by atoms with E-state index in [1.54, 1.807) is 13.3 Å². The predicted molar refractivity (Wildman–Crippen MR) is 103 cm³/mol. The molecule has 1 aliphatic carbocycles. The van der Waals surface area contributed by atoms with Crippen LogP contribution >= 0.6 is 0 Å². The summed E-state index contributed by atoms with van der Waals surface area (Å²) in [7, 11) is 1.64. The van der Waals surface area contributed by atoms with Crippen molar-refractivity contribution in [1.82, 2.24) is 20.0 Å². The number of amides is 1. The normalized spacial score (nSPS) is 23.3. The number of carbonyl (C=O) groups is 1. The van der Waals surface area contributed by atoms with Crippen molar-refractivity contribution in [2.45, 2.75) is 37.8 Å². The topological polar surface area (TPSA) is 77.0 Å². The number of hydrogen-bond donors (Lipinski definition) is 0. The number of ether oxygens (including phenoxy) is 3. The molecule has 8 nitrogen and oxygen atoms in total. The van der Waals surface area contributed by atoms with Crippen LogP contribution in [-0.2, 0) is 9.53 Å². The van der Waals surface area contributed by atoms with Gasteiger partial charge in [-0.2, -0.15) is 4.98 Å². The number of fused-ring (bicyclic) bond motifs is 1. The lowest BCUT2D eigenvalue weighted by atomic mass is 9.92. The molecular weight excluding hydrogens is 360 g/mol. The lowest BCUT2D eigenvalue weighted by Gasteiger charge is -2.42. The highest BCUT2D eigenvalue weighted by molar-refractivity contribution is 5.79. The van der Waals surface area contributed by atoms with Gasteiger partial charge in [0.05, 0.1) is 25.8 Å². The van der Waals surface area contributed by atoms with Crippen LogP contribution in [-0.4, -0.2) is 72.0 Å². The second kappa shape index (κ2) is 8.70. The molecule has 150 valence electrons. The lowest BCUT2D eigenvalue weighted by Crippen LogP contribution is -2.53. The maximum atomic E-state index is 11.6. The van der Waals surface area contributed by atoms with Gasteiger partial charge in [0.25, 0.3) is 0 Å². The van der Waals surface area contributed by atoms with Crippen molar-refractivity contribution >= 4 is 17.3 Å². The number of nitrogens with zero attached hydrogens (tertiary/aromatic N) is 4. The second-order valence-electron chi connectivity index (χ2n) is 7.18. The summed E-state index contributed by atoms with van der Waals surface area (Å²) in [6, 6.07) is 6.32. The predicted octanol–water partition coefficient (Wildman–Crippen LogP) is 2.03. The van der Waals surface area contributed by atoms with Crippen molar-refractivity contribution in [1.29, 1.82) is 0 Å². The third-order valence-electron chi connectivity index (χ3n) is 5.48. The minimum Gasteiger partial charge on any atom is -0.497 e. The van der Waals surface area contributed by atoms with Gasteiger partial charge < -0.3 is 14.2 Å². The number of carbonyl (C=O) groups excluding carboxylic acids is 1. The number of hydrazine groups is 1. The van der Waals surface area contributed by atoms with E-state index < -0.39 is 0 Å². The minimum atomic E-state index is 0.0671. The highest BCUT2D eigenvalue weighted by Crippen LogP contribution is 2.27. The minimum absolute atomic E-state index is 0.0671. The van der Waals surface area contributed by atoms with E-state index in [0.717, 1.165) is 61.8 Å². The molecule has 8 heteroatoms. The Kier molecular flexibility index (Phi) is 5.87. The molecule has 1 saturated carbocycles. The van der Waals surface area contributed by atoms with Crippen LogP contribution in [0.3, 0.4) is 0 Å². The Balaban J connectivity index is 1.36. The fourth-order valence-corrected chi connectivity index (χ4v) is 3.91. The van der Waals surface area contributed by atoms with Crippen LogP contribution < -0.4 is 9.47 Å². The molecule has 2 aromatic rings. The number of benzene rings is 1. The van der Waals surface area contributed by atoms with E-state index in [9.17, 15) is 4.79 Å². The van der Waals surface area contributed by atoms with Crippen molar-refractivity contribution in [3.05, 3.63) is 24.4 Å². The molecule has 0 spiro atoms. The lowest BCUT2D eigenvalue weighted by molar-refractivity contribution is -0.153. The first-order valence-corrected chi connectivity index (χ1v) is 9.80. The van der Waals surface area contributed by atoms with Gasteiger partial charge >= 0.3 is 6.01 Å². The average Bonchev–Trinajstić information content (AvgIpc) is 2.75. The van der Waals surface area contributed by atoms with Crippen LogP contribution in [0.1, 0.15) is 25.7 Å². The Morgan fingerprint density at radius 1 is 1.21 bits per heavy atom. The van der Waals surface area contributed by atoms with E-state index in [4.69, 9.17) is 14.2 Å². The van der Waals surface area contributed by atoms with Gasteiger partial charge in [-0.3, -0.25) is 9.80 Å². The Labute approximate surface area is 164 Å². The van der Waals surface area contributed by atoms with Crippen molar-refractivity contribution in [3.8, 4) is 11.8 Å². The van der Waals surface area contributed by atoms with Crippen LogP contribution in [0.4, 0.5) is 0 Å². The van der Waals surface area contributed by atoms with Gasteiger partial charge in [0.2, 0.25) is 6.41 Å². The summed E-state index contributed by atoms with van der Waals surface area (Å²) in [5, 5.41) is 4.91. The summed E-state index contributed by atoms with van der Waals surface area (Å²) >= 11 is 0. The number of morpholine rings is 1. The van der Waals surface area contributed by atoms with E-state index in [1.807, 2.05) is 23.2 Å². The third-order valence-corrected chi connectivity index (χ3v) is 5.48. The highest BCUT2D eigenvalue weighted by Gasteiger charge is 2.30. The van der Waals surface area contributed by atoms with E-state index in [1.165, 1.54) is 0 Å². The quantitative estimate of drug-likeness (QED) is 0.703. The number of rotatable bonds is 6. The zero-order chi connectivity index (χ0) is 19.3. The Morgan fingerprint density at radius 2 is 2.00 bits per heavy atom. The van der Waals surface area contributed by atoms with Gasteiger partial charge in [0.1, 0.15) is 11.9 Å². The number of aromatic nitrogens is 2. The zero-order valence-electron chi connectivity index (χ0n) is 16.1. The first-order valence-electron chi connectivity index (χ1n) is 9.80. The molecule has 1 saturated heterocycles. The molecule has 2 heterocycles. The van der Waals surface area contributed by atoms with E-state index in [0.29, 0.717) is 19.2 Å². The summed E-state index contributed by atoms with van der Waals surface area (Å²) in [6.07, 6.45) is 6.35. The van der Waals surface area contributed by atoms with Gasteiger partial charge in [0.15, 0.2) is 0 Å². The smallest absolute Gasteiger partial charge is 0.317 e. The largest absolute Gasteiger partial charge is 0.497 e. The second-order valence-corrected chi connectivity index (χ2v) is 7.18. The summed E-state index contributed by atoms with van der Waals surface area (Å²) in [4.78, 5) is 20.5. The molecule has 28 heavy (non-hydrogen) atoms. The first kappa shape index (κ1) is 18.9. The summed E-state index contributed by atoms with van der Waals surface area (Å²) in [6.45, 7) is 2.88. The monoisotopic (exact) mass is 386 g/mol. The standard InChI is InChI=1S/C20H26N4O4/c1-26-18-5-2-15-13-21-20(22-19(15)12-18)28-17-6-3-16(4-7-17)24(14-25)23-8-10-27-11-9-23/h2,5,12-14,16-17H,3-4,6-11H2,1H3. The fourth-order valence-electron chi connectivity index (χ4n) is 3.91. The van der Waals surface area contributed by atoms with Gasteiger partial charge in [0, 0.05) is 36.8 Å². The Bertz CT molecular complexity index is 804. The molecule has 0 bridgehead atoms. The van der Waals surface area contributed by atoms with E-state index in [-0.39, 0.29) is 12.1 Å². The summed E-state index contributed by atoms with van der Waals surface area (Å²) < 4.78 is 16.7. The number of methoxy groups -OCH3 is 1. The molecule has 1 amide bonds. The molecule has 2 aliphatic rings. The summed E-state index contributed by atoms with van der Waals surface area (Å²) in [5.74, 6) is 0.759. The van der Waals surface area contributed by atoms with Crippen LogP contribution in [0.15, 0.2) is 24.4 Å². The van der Waals surface area contributed by atoms with Crippen molar-refractivity contribution in [3.63, 3.8) is 0 Å². The fraction of sp³-hybridized carbons (Fsp3) is 0.550. The van der Waals surface area contributed by atoms with Crippen molar-refractivity contribution in [2.24, 2.45) is 0 Å². The molecule has 2 fully saturated rings. The number of hydrogen-bond acceptors (Lipinski definition) is 7. The van der Waals surface area contributed by atoms with Gasteiger partial charge in [-0.15, -0.1) is 0 Å². The van der Waals surface area contributed by atoms with Crippen LogP contribution in [0.25, 0.3) is 10.9 Å². The van der Waals surface area contributed by atoms with Crippen LogP contribution in [0, 0.1) is 0 Å². The third kappa shape index (κ3) is 4.18. The van der Waals surface area contributed by atoms with Crippen molar-refractivity contribution < 1.29 is 19.0 Å². The van der Waals surface area contributed by atoms with E-state index in [2.05, 4.69) is 15.0 Å². The van der Waals surface area contributed by atoms with Crippen molar-refractivity contribution in [2.75, 3.05) is 33.4 Å². The Morgan fingerprint density at radius 3 is 2.71 bits per heavy atom. The van der Waals surface area contributed by atoms with Crippen LogP contribution in [0.5, 0.6) is 11.8 Å². The molecule has 0 atom stereocenters. The SMILES string of the molecule is COc1ccc2cnc(OC3CCC(N(C=O)N4CCOCC4)CC3)nc2c1. The summed E-state index contributed by atoms with van der Waals surface area (Å²) in [5.41, 5.74) is 0.803. The van der Waals surface area contributed by atoms with Gasteiger partial charge in [-0.25, -0.2) is 9.99 Å². The molecule has 1 aliphatic heterocycles. The molecule has 0 unspecified atom stereocenters. The van der Waals surface area contributed by atoms with Gasteiger partial charge in [-0.1, -0.05) is 0 Å². The molecule has 1 aromatic heterocycles.